The Balaban J connectivity index is 2.14. The highest BCUT2D eigenvalue weighted by Gasteiger charge is 2.21. The highest BCUT2D eigenvalue weighted by Crippen LogP contribution is 2.25. The van der Waals surface area contributed by atoms with Crippen molar-refractivity contribution in [1.29, 1.82) is 0 Å². The molecule has 0 saturated heterocycles. The SMILES string of the molecule is CCOC(=O)c1ccccc1N(CCC(=O)Nc1ccccc1C(C)C)C(C)=O. The van der Waals surface area contributed by atoms with Crippen molar-refractivity contribution in [3.63, 3.8) is 0 Å². The summed E-state index contributed by atoms with van der Waals surface area (Å²) in [5.74, 6) is -0.670. The Morgan fingerprint density at radius 2 is 1.69 bits per heavy atom. The van der Waals surface area contributed by atoms with Crippen molar-refractivity contribution in [2.24, 2.45) is 0 Å². The molecular formula is C23H28N2O4. The largest absolute Gasteiger partial charge is 0.462 e. The van der Waals surface area contributed by atoms with E-state index in [-0.39, 0.29) is 37.3 Å². The molecule has 1 N–H and O–H groups in total. The molecule has 0 aliphatic rings. The number of anilines is 2. The van der Waals surface area contributed by atoms with Crippen molar-refractivity contribution >= 4 is 29.2 Å². The molecule has 0 fully saturated rings. The summed E-state index contributed by atoms with van der Waals surface area (Å²) in [5.41, 5.74) is 2.56. The third kappa shape index (κ3) is 5.91. The Morgan fingerprint density at radius 1 is 1.03 bits per heavy atom. The van der Waals surface area contributed by atoms with Gasteiger partial charge in [0.25, 0.3) is 0 Å². The average Bonchev–Trinajstić information content (AvgIpc) is 2.68. The second-order valence-corrected chi connectivity index (χ2v) is 6.95. The normalized spacial score (nSPS) is 10.5. The summed E-state index contributed by atoms with van der Waals surface area (Å²) in [7, 11) is 0. The standard InChI is InChI=1S/C23H28N2O4/c1-5-29-23(28)19-11-7-9-13-21(19)25(17(4)26)15-14-22(27)24-20-12-8-6-10-18(20)16(2)3/h6-13,16H,5,14-15H2,1-4H3,(H,24,27). The molecule has 2 aromatic carbocycles. The maximum absolute atomic E-state index is 12.5. The van der Waals surface area contributed by atoms with E-state index < -0.39 is 5.97 Å². The fourth-order valence-electron chi connectivity index (χ4n) is 3.08. The van der Waals surface area contributed by atoms with E-state index in [1.807, 2.05) is 24.3 Å². The number of benzene rings is 2. The summed E-state index contributed by atoms with van der Waals surface area (Å²) >= 11 is 0. The van der Waals surface area contributed by atoms with Crippen LogP contribution in [-0.4, -0.2) is 30.9 Å². The molecule has 0 unspecified atom stereocenters. The maximum Gasteiger partial charge on any atom is 0.340 e. The minimum atomic E-state index is -0.496. The van der Waals surface area contributed by atoms with E-state index in [2.05, 4.69) is 19.2 Å². The van der Waals surface area contributed by atoms with Crippen LogP contribution in [0.4, 0.5) is 11.4 Å². The fraction of sp³-hybridized carbons (Fsp3) is 0.348. The van der Waals surface area contributed by atoms with E-state index >= 15 is 0 Å². The van der Waals surface area contributed by atoms with E-state index in [0.717, 1.165) is 11.3 Å². The minimum Gasteiger partial charge on any atom is -0.462 e. The molecule has 2 rings (SSSR count). The second-order valence-electron chi connectivity index (χ2n) is 6.95. The van der Waals surface area contributed by atoms with E-state index in [9.17, 15) is 14.4 Å². The van der Waals surface area contributed by atoms with Gasteiger partial charge < -0.3 is 15.0 Å². The van der Waals surface area contributed by atoms with Crippen molar-refractivity contribution in [2.45, 2.75) is 40.0 Å². The third-order valence-electron chi connectivity index (χ3n) is 4.49. The van der Waals surface area contributed by atoms with Crippen LogP contribution in [0.2, 0.25) is 0 Å². The van der Waals surface area contributed by atoms with E-state index in [0.29, 0.717) is 11.3 Å². The predicted molar refractivity (Wildman–Crippen MR) is 114 cm³/mol. The van der Waals surface area contributed by atoms with Gasteiger partial charge >= 0.3 is 5.97 Å². The zero-order valence-corrected chi connectivity index (χ0v) is 17.4. The van der Waals surface area contributed by atoms with Gasteiger partial charge in [0, 0.05) is 25.6 Å². The maximum atomic E-state index is 12.5. The second kappa shape index (κ2) is 10.4. The van der Waals surface area contributed by atoms with Crippen LogP contribution in [0.25, 0.3) is 0 Å². The van der Waals surface area contributed by atoms with Gasteiger partial charge in [0.2, 0.25) is 11.8 Å². The summed E-state index contributed by atoms with van der Waals surface area (Å²) in [6, 6.07) is 14.4. The molecule has 2 aromatic rings. The Bertz CT molecular complexity index is 877. The van der Waals surface area contributed by atoms with Crippen LogP contribution >= 0.6 is 0 Å². The van der Waals surface area contributed by atoms with Gasteiger partial charge in [-0.2, -0.15) is 0 Å². The molecule has 0 aliphatic carbocycles. The molecular weight excluding hydrogens is 368 g/mol. The number of rotatable bonds is 8. The number of ether oxygens (including phenoxy) is 1. The van der Waals surface area contributed by atoms with Gasteiger partial charge in [-0.1, -0.05) is 44.2 Å². The zero-order chi connectivity index (χ0) is 21.4. The first-order chi connectivity index (χ1) is 13.8. The third-order valence-corrected chi connectivity index (χ3v) is 4.49. The highest BCUT2D eigenvalue weighted by molar-refractivity contribution is 6.02. The van der Waals surface area contributed by atoms with Crippen molar-refractivity contribution in [3.05, 3.63) is 59.7 Å². The molecule has 0 bridgehead atoms. The van der Waals surface area contributed by atoms with Crippen LogP contribution in [0.3, 0.4) is 0 Å². The van der Waals surface area contributed by atoms with E-state index in [4.69, 9.17) is 4.74 Å². The smallest absolute Gasteiger partial charge is 0.340 e. The summed E-state index contributed by atoms with van der Waals surface area (Å²) in [4.78, 5) is 38.4. The molecule has 0 saturated carbocycles. The molecule has 0 heterocycles. The summed E-state index contributed by atoms with van der Waals surface area (Å²) in [5, 5.41) is 2.93. The number of amides is 2. The number of esters is 1. The van der Waals surface area contributed by atoms with Crippen LogP contribution in [0.5, 0.6) is 0 Å². The molecule has 6 heteroatoms. The van der Waals surface area contributed by atoms with E-state index in [1.54, 1.807) is 31.2 Å². The Morgan fingerprint density at radius 3 is 2.34 bits per heavy atom. The van der Waals surface area contributed by atoms with Crippen molar-refractivity contribution in [3.8, 4) is 0 Å². The first-order valence-corrected chi connectivity index (χ1v) is 9.78. The fourth-order valence-corrected chi connectivity index (χ4v) is 3.08. The van der Waals surface area contributed by atoms with Crippen molar-refractivity contribution in [2.75, 3.05) is 23.4 Å². The van der Waals surface area contributed by atoms with Crippen LogP contribution in [0.1, 0.15) is 56.0 Å². The molecule has 0 radical (unpaired) electrons. The lowest BCUT2D eigenvalue weighted by atomic mass is 10.0. The average molecular weight is 396 g/mol. The van der Waals surface area contributed by atoms with Crippen molar-refractivity contribution < 1.29 is 19.1 Å². The van der Waals surface area contributed by atoms with Crippen LogP contribution < -0.4 is 10.2 Å². The number of carbonyl (C=O) groups excluding carboxylic acids is 3. The molecule has 29 heavy (non-hydrogen) atoms. The predicted octanol–water partition coefficient (Wildman–Crippen LogP) is 4.37. The number of nitrogens with one attached hydrogen (secondary N) is 1. The van der Waals surface area contributed by atoms with Crippen LogP contribution in [0, 0.1) is 0 Å². The zero-order valence-electron chi connectivity index (χ0n) is 17.4. The lowest BCUT2D eigenvalue weighted by Gasteiger charge is -2.23. The number of hydrogen-bond donors (Lipinski definition) is 1. The van der Waals surface area contributed by atoms with Crippen LogP contribution in [0.15, 0.2) is 48.5 Å². The van der Waals surface area contributed by atoms with Gasteiger partial charge in [-0.15, -0.1) is 0 Å². The highest BCUT2D eigenvalue weighted by atomic mass is 16.5. The van der Waals surface area contributed by atoms with Gasteiger partial charge in [-0.25, -0.2) is 4.79 Å². The Kier molecular flexibility index (Phi) is 7.95. The van der Waals surface area contributed by atoms with Gasteiger partial charge in [0.15, 0.2) is 0 Å². The molecule has 2 amide bonds. The van der Waals surface area contributed by atoms with Gasteiger partial charge in [0.1, 0.15) is 0 Å². The van der Waals surface area contributed by atoms with Gasteiger partial charge in [0.05, 0.1) is 17.9 Å². The summed E-state index contributed by atoms with van der Waals surface area (Å²) in [6.45, 7) is 7.66. The molecule has 6 nitrogen and oxygen atoms in total. The monoisotopic (exact) mass is 396 g/mol. The molecule has 0 aromatic heterocycles. The van der Waals surface area contributed by atoms with Crippen LogP contribution in [-0.2, 0) is 14.3 Å². The lowest BCUT2D eigenvalue weighted by molar-refractivity contribution is -0.117. The quantitative estimate of drug-likeness (QED) is 0.673. The number of para-hydroxylation sites is 2. The molecule has 0 atom stereocenters. The Hall–Kier alpha value is -3.15. The number of carbonyl (C=O) groups is 3. The number of nitrogens with zero attached hydrogens (tertiary/aromatic N) is 1. The summed E-state index contributed by atoms with van der Waals surface area (Å²) in [6.07, 6.45) is 0.100. The first kappa shape index (κ1) is 22.1. The van der Waals surface area contributed by atoms with Gasteiger partial charge in [-0.3, -0.25) is 9.59 Å². The molecule has 0 aliphatic heterocycles. The number of hydrogen-bond acceptors (Lipinski definition) is 4. The van der Waals surface area contributed by atoms with E-state index in [1.165, 1.54) is 11.8 Å². The summed E-state index contributed by atoms with van der Waals surface area (Å²) < 4.78 is 5.08. The lowest BCUT2D eigenvalue weighted by Crippen LogP contribution is -2.33. The minimum absolute atomic E-state index is 0.100. The molecule has 154 valence electrons. The van der Waals surface area contributed by atoms with Crippen molar-refractivity contribution in [1.82, 2.24) is 0 Å². The van der Waals surface area contributed by atoms with Gasteiger partial charge in [-0.05, 0) is 36.6 Å². The first-order valence-electron chi connectivity index (χ1n) is 9.78. The Labute approximate surface area is 171 Å². The molecule has 0 spiro atoms. The topological polar surface area (TPSA) is 75.7 Å².